The number of methoxy groups -OCH3 is 2. The molecule has 1 heterocycles. The normalized spacial score (nSPS) is 15.7. The van der Waals surface area contributed by atoms with Crippen molar-refractivity contribution in [3.05, 3.63) is 36.7 Å². The number of hydrogen-bond donors (Lipinski definition) is 2. The number of aromatic nitrogens is 1. The molecule has 1 saturated carbocycles. The minimum atomic E-state index is -3.88. The Hall–Kier alpha value is -3.08. The van der Waals surface area contributed by atoms with E-state index in [1.54, 1.807) is 12.1 Å². The predicted octanol–water partition coefficient (Wildman–Crippen LogP) is 2.80. The molecule has 0 saturated heterocycles. The molecule has 0 aliphatic heterocycles. The van der Waals surface area contributed by atoms with Gasteiger partial charge in [-0.15, -0.1) is 0 Å². The lowest BCUT2D eigenvalue weighted by molar-refractivity contribution is -0.160. The van der Waals surface area contributed by atoms with Gasteiger partial charge in [-0.3, -0.25) is 9.59 Å². The summed E-state index contributed by atoms with van der Waals surface area (Å²) < 4.78 is 41.9. The van der Waals surface area contributed by atoms with Gasteiger partial charge in [-0.1, -0.05) is 19.3 Å². The fraction of sp³-hybridized carbons (Fsp3) is 0.476. The molecular weight excluding hydrogens is 438 g/mol. The Morgan fingerprint density at radius 1 is 1.06 bits per heavy atom. The van der Waals surface area contributed by atoms with Crippen molar-refractivity contribution in [3.63, 3.8) is 0 Å². The van der Waals surface area contributed by atoms with Crippen LogP contribution in [0.4, 0.5) is 11.7 Å². The second kappa shape index (κ2) is 10.5. The maximum atomic E-state index is 12.5. The average molecular weight is 466 g/mol. The molecule has 3 rings (SSSR count). The van der Waals surface area contributed by atoms with Crippen LogP contribution in [0.1, 0.15) is 32.1 Å². The molecule has 0 radical (unpaired) electrons. The summed E-state index contributed by atoms with van der Waals surface area (Å²) in [6, 6.07) is 5.29. The number of benzene rings is 1. The molecular formula is C21H27N3O7S. The molecule has 1 aromatic carbocycles. The lowest BCUT2D eigenvalue weighted by Gasteiger charge is -2.34. The number of nitrogens with zero attached hydrogens (tertiary/aromatic N) is 1. The molecule has 1 aromatic heterocycles. The molecule has 1 aliphatic rings. The first kappa shape index (κ1) is 23.6. The van der Waals surface area contributed by atoms with E-state index in [1.165, 1.54) is 38.8 Å². The van der Waals surface area contributed by atoms with Gasteiger partial charge in [0.15, 0.2) is 5.92 Å². The quantitative estimate of drug-likeness (QED) is 0.423. The molecule has 174 valence electrons. The zero-order chi connectivity index (χ0) is 23.1. The number of nitrogens with one attached hydrogen (secondary N) is 2. The van der Waals surface area contributed by atoms with E-state index in [0.29, 0.717) is 5.69 Å². The van der Waals surface area contributed by atoms with Crippen LogP contribution in [-0.2, 0) is 29.1 Å². The van der Waals surface area contributed by atoms with Gasteiger partial charge in [0.2, 0.25) is 0 Å². The van der Waals surface area contributed by atoms with Crippen molar-refractivity contribution in [3.8, 4) is 0 Å². The highest BCUT2D eigenvalue weighted by Crippen LogP contribution is 2.33. The van der Waals surface area contributed by atoms with Crippen molar-refractivity contribution in [1.82, 2.24) is 4.98 Å². The number of hydrogen-bond acceptors (Lipinski definition) is 9. The molecule has 10 nitrogen and oxygen atoms in total. The minimum Gasteiger partial charge on any atom is -0.468 e. The second-order valence-electron chi connectivity index (χ2n) is 7.56. The highest BCUT2D eigenvalue weighted by molar-refractivity contribution is 7.92. The van der Waals surface area contributed by atoms with Crippen LogP contribution in [0.2, 0.25) is 0 Å². The first-order valence-corrected chi connectivity index (χ1v) is 11.8. The molecule has 0 bridgehead atoms. The van der Waals surface area contributed by atoms with Gasteiger partial charge in [0, 0.05) is 5.69 Å². The van der Waals surface area contributed by atoms with Crippen molar-refractivity contribution >= 4 is 33.7 Å². The zero-order valence-electron chi connectivity index (χ0n) is 17.9. The minimum absolute atomic E-state index is 0.00736. The number of carbonyl (C=O) groups excluding carboxylic acids is 2. The molecule has 0 amide bonds. The van der Waals surface area contributed by atoms with Gasteiger partial charge in [0.05, 0.1) is 31.4 Å². The number of carbonyl (C=O) groups is 2. The Morgan fingerprint density at radius 2 is 1.69 bits per heavy atom. The van der Waals surface area contributed by atoms with E-state index < -0.39 is 33.9 Å². The van der Waals surface area contributed by atoms with Crippen LogP contribution in [0, 0.1) is 11.8 Å². The van der Waals surface area contributed by atoms with Gasteiger partial charge >= 0.3 is 18.0 Å². The van der Waals surface area contributed by atoms with Crippen molar-refractivity contribution in [2.24, 2.45) is 11.8 Å². The molecule has 1 aliphatic carbocycles. The Balaban J connectivity index is 1.83. The van der Waals surface area contributed by atoms with E-state index in [9.17, 15) is 18.0 Å². The van der Waals surface area contributed by atoms with Crippen LogP contribution in [0.5, 0.6) is 0 Å². The standard InChI is InChI=1S/C21H27N3O7S/c1-29-19(25)17(20(26)30-2)18(14-6-4-3-5-7-14)23-15-8-10-16(11-9-15)32(27,28)24-21-22-12-13-31-21/h8-14,17-18,23H,3-7H2,1-2H3,(H,22,24)/t18-/m1/s1. The number of rotatable bonds is 9. The summed E-state index contributed by atoms with van der Waals surface area (Å²) in [6.45, 7) is 0. The number of ether oxygens (including phenoxy) is 2. The van der Waals surface area contributed by atoms with E-state index in [-0.39, 0.29) is 16.8 Å². The molecule has 1 atom stereocenters. The van der Waals surface area contributed by atoms with Gasteiger partial charge in [-0.2, -0.15) is 0 Å². The van der Waals surface area contributed by atoms with Crippen LogP contribution >= 0.6 is 0 Å². The van der Waals surface area contributed by atoms with Crippen molar-refractivity contribution in [1.29, 1.82) is 0 Å². The molecule has 11 heteroatoms. The van der Waals surface area contributed by atoms with E-state index in [0.717, 1.165) is 32.1 Å². The third-order valence-electron chi connectivity index (χ3n) is 5.58. The maximum Gasteiger partial charge on any atom is 0.322 e. The summed E-state index contributed by atoms with van der Waals surface area (Å²) >= 11 is 0. The lowest BCUT2D eigenvalue weighted by atomic mass is 9.78. The first-order valence-electron chi connectivity index (χ1n) is 10.3. The molecule has 2 N–H and O–H groups in total. The number of esters is 2. The van der Waals surface area contributed by atoms with E-state index in [2.05, 4.69) is 15.0 Å². The van der Waals surface area contributed by atoms with Gasteiger partial charge in [-0.25, -0.2) is 18.1 Å². The lowest BCUT2D eigenvalue weighted by Crippen LogP contribution is -2.46. The number of oxazole rings is 1. The Kier molecular flexibility index (Phi) is 7.73. The van der Waals surface area contributed by atoms with E-state index in [4.69, 9.17) is 13.9 Å². The molecule has 2 aromatic rings. The van der Waals surface area contributed by atoms with Gasteiger partial charge < -0.3 is 19.2 Å². The topological polar surface area (TPSA) is 137 Å². The van der Waals surface area contributed by atoms with Crippen LogP contribution in [0.15, 0.2) is 46.0 Å². The molecule has 1 fully saturated rings. The van der Waals surface area contributed by atoms with Crippen LogP contribution in [0.25, 0.3) is 0 Å². The summed E-state index contributed by atoms with van der Waals surface area (Å²) in [5.74, 6) is -2.42. The zero-order valence-corrected chi connectivity index (χ0v) is 18.8. The van der Waals surface area contributed by atoms with Crippen LogP contribution in [0.3, 0.4) is 0 Å². The first-order chi connectivity index (χ1) is 15.4. The predicted molar refractivity (Wildman–Crippen MR) is 115 cm³/mol. The van der Waals surface area contributed by atoms with E-state index >= 15 is 0 Å². The molecule has 0 spiro atoms. The summed E-state index contributed by atoms with van der Waals surface area (Å²) in [5.41, 5.74) is 0.563. The fourth-order valence-electron chi connectivity index (χ4n) is 3.98. The third-order valence-corrected chi connectivity index (χ3v) is 6.92. The SMILES string of the molecule is COC(=O)C(C(=O)OC)[C@H](Nc1ccc(S(=O)(=O)Nc2ncco2)cc1)C1CCCCC1. The van der Waals surface area contributed by atoms with Gasteiger partial charge in [0.25, 0.3) is 10.0 Å². The van der Waals surface area contributed by atoms with Gasteiger partial charge in [-0.05, 0) is 43.0 Å². The van der Waals surface area contributed by atoms with Crippen molar-refractivity contribution in [2.45, 2.75) is 43.0 Å². The Morgan fingerprint density at radius 3 is 2.22 bits per heavy atom. The molecule has 0 unspecified atom stereocenters. The van der Waals surface area contributed by atoms with Crippen LogP contribution < -0.4 is 10.0 Å². The average Bonchev–Trinajstić information content (AvgIpc) is 3.31. The fourth-order valence-corrected chi connectivity index (χ4v) is 4.92. The summed E-state index contributed by atoms with van der Waals surface area (Å²) in [7, 11) is -1.42. The maximum absolute atomic E-state index is 12.5. The van der Waals surface area contributed by atoms with Crippen molar-refractivity contribution < 1.29 is 31.9 Å². The van der Waals surface area contributed by atoms with E-state index in [1.807, 2.05) is 0 Å². The Bertz CT molecular complexity index is 985. The van der Waals surface area contributed by atoms with Gasteiger partial charge in [0.1, 0.15) is 6.26 Å². The van der Waals surface area contributed by atoms with Crippen molar-refractivity contribution in [2.75, 3.05) is 24.3 Å². The van der Waals surface area contributed by atoms with Crippen LogP contribution in [-0.4, -0.2) is 45.6 Å². The number of anilines is 2. The smallest absolute Gasteiger partial charge is 0.322 e. The summed E-state index contributed by atoms with van der Waals surface area (Å²) in [6.07, 6.45) is 7.41. The largest absolute Gasteiger partial charge is 0.468 e. The third kappa shape index (κ3) is 5.58. The monoisotopic (exact) mass is 465 g/mol. The molecule has 32 heavy (non-hydrogen) atoms. The Labute approximate surface area is 186 Å². The second-order valence-corrected chi connectivity index (χ2v) is 9.24. The highest BCUT2D eigenvalue weighted by Gasteiger charge is 2.41. The number of sulfonamides is 1. The summed E-state index contributed by atoms with van der Waals surface area (Å²) in [5, 5.41) is 3.26. The summed E-state index contributed by atoms with van der Waals surface area (Å²) in [4.78, 5) is 28.7. The highest BCUT2D eigenvalue weighted by atomic mass is 32.2.